The molecule has 1 heteroatoms. The Morgan fingerprint density at radius 2 is 1.70 bits per heavy atom. The van der Waals surface area contributed by atoms with E-state index in [1.165, 1.54) is 27.8 Å². The summed E-state index contributed by atoms with van der Waals surface area (Å²) in [7, 11) is 0. The van der Waals surface area contributed by atoms with Crippen LogP contribution < -0.4 is 5.32 Å². The zero-order valence-corrected chi connectivity index (χ0v) is 11.9. The van der Waals surface area contributed by atoms with Crippen molar-refractivity contribution in [3.05, 3.63) is 89.1 Å². The van der Waals surface area contributed by atoms with E-state index in [4.69, 9.17) is 0 Å². The summed E-state index contributed by atoms with van der Waals surface area (Å²) < 4.78 is 0. The summed E-state index contributed by atoms with van der Waals surface area (Å²) in [5.74, 6) is 0. The third-order valence-corrected chi connectivity index (χ3v) is 3.88. The van der Waals surface area contributed by atoms with Gasteiger partial charge in [-0.05, 0) is 60.0 Å². The van der Waals surface area contributed by atoms with Crippen molar-refractivity contribution in [3.63, 3.8) is 0 Å². The second-order valence-electron chi connectivity index (χ2n) is 5.31. The van der Waals surface area contributed by atoms with Crippen LogP contribution in [0.1, 0.15) is 28.3 Å². The minimum atomic E-state index is 0.248. The number of benzene rings is 2. The molecule has 100 valence electrons. The molecule has 1 N–H and O–H groups in total. The van der Waals surface area contributed by atoms with E-state index in [-0.39, 0.29) is 6.04 Å². The van der Waals surface area contributed by atoms with Gasteiger partial charge in [0.25, 0.3) is 0 Å². The monoisotopic (exact) mass is 261 g/mol. The average molecular weight is 261 g/mol. The summed E-state index contributed by atoms with van der Waals surface area (Å²) in [6, 6.07) is 17.4. The number of rotatable bonds is 2. The molecule has 0 amide bonds. The van der Waals surface area contributed by atoms with Crippen molar-refractivity contribution in [2.24, 2.45) is 0 Å². The molecule has 1 unspecified atom stereocenters. The number of nitrogens with one attached hydrogen (secondary N) is 1. The van der Waals surface area contributed by atoms with Gasteiger partial charge in [0.1, 0.15) is 0 Å². The van der Waals surface area contributed by atoms with Gasteiger partial charge in [0.15, 0.2) is 0 Å². The fraction of sp³-hybridized carbons (Fsp3) is 0.158. The van der Waals surface area contributed by atoms with Gasteiger partial charge >= 0.3 is 0 Å². The van der Waals surface area contributed by atoms with Crippen LogP contribution in [0.5, 0.6) is 0 Å². The maximum absolute atomic E-state index is 3.40. The van der Waals surface area contributed by atoms with E-state index in [1.54, 1.807) is 0 Å². The molecule has 1 atom stereocenters. The van der Waals surface area contributed by atoms with E-state index in [2.05, 4.69) is 79.8 Å². The third kappa shape index (κ3) is 2.53. The Balaban J connectivity index is 1.95. The van der Waals surface area contributed by atoms with Crippen LogP contribution in [0.15, 0.2) is 66.9 Å². The van der Waals surface area contributed by atoms with Crippen LogP contribution in [0.3, 0.4) is 0 Å². The fourth-order valence-electron chi connectivity index (χ4n) is 2.49. The highest BCUT2D eigenvalue weighted by Gasteiger charge is 2.11. The first-order valence-electron chi connectivity index (χ1n) is 7.01. The number of aryl methyl sites for hydroxylation is 2. The summed E-state index contributed by atoms with van der Waals surface area (Å²) in [4.78, 5) is 0. The van der Waals surface area contributed by atoms with Crippen molar-refractivity contribution >= 4 is 5.57 Å². The first-order chi connectivity index (χ1) is 9.74. The van der Waals surface area contributed by atoms with Gasteiger partial charge in [-0.15, -0.1) is 0 Å². The van der Waals surface area contributed by atoms with Crippen molar-refractivity contribution in [3.8, 4) is 0 Å². The standard InChI is InChI=1S/C19H19N/c1-14-8-9-17(12-15(14)2)18-10-11-20-19(13-18)16-6-4-3-5-7-16/h3-13,19-20H,1-2H3. The number of hydrogen-bond acceptors (Lipinski definition) is 1. The van der Waals surface area contributed by atoms with Crippen molar-refractivity contribution < 1.29 is 0 Å². The molecule has 0 aromatic heterocycles. The molecule has 3 rings (SSSR count). The Morgan fingerprint density at radius 1 is 0.900 bits per heavy atom. The molecule has 1 aliphatic heterocycles. The SMILES string of the molecule is Cc1ccc(C2=CC(c3ccccc3)NC=C2)cc1C. The van der Waals surface area contributed by atoms with Gasteiger partial charge in [0.2, 0.25) is 0 Å². The molecule has 0 fully saturated rings. The van der Waals surface area contributed by atoms with Crippen LogP contribution in [0.25, 0.3) is 5.57 Å². The lowest BCUT2D eigenvalue weighted by Gasteiger charge is -2.20. The highest BCUT2D eigenvalue weighted by atomic mass is 14.9. The second-order valence-corrected chi connectivity index (χ2v) is 5.31. The lowest BCUT2D eigenvalue weighted by Crippen LogP contribution is -2.16. The van der Waals surface area contributed by atoms with Crippen LogP contribution in [-0.4, -0.2) is 0 Å². The zero-order chi connectivity index (χ0) is 13.9. The van der Waals surface area contributed by atoms with Crippen molar-refractivity contribution in [2.45, 2.75) is 19.9 Å². The molecule has 1 heterocycles. The summed E-state index contributed by atoms with van der Waals surface area (Å²) in [6.45, 7) is 4.32. The summed E-state index contributed by atoms with van der Waals surface area (Å²) in [5.41, 5.74) is 6.53. The second kappa shape index (κ2) is 5.38. The molecule has 0 saturated heterocycles. The Kier molecular flexibility index (Phi) is 3.42. The average Bonchev–Trinajstić information content (AvgIpc) is 2.51. The Bertz CT molecular complexity index is 665. The maximum Gasteiger partial charge on any atom is 0.0701 e. The summed E-state index contributed by atoms with van der Waals surface area (Å²) in [6.07, 6.45) is 6.48. The summed E-state index contributed by atoms with van der Waals surface area (Å²) in [5, 5.41) is 3.40. The minimum Gasteiger partial charge on any atom is -0.381 e. The maximum atomic E-state index is 3.40. The van der Waals surface area contributed by atoms with Crippen LogP contribution in [0.4, 0.5) is 0 Å². The van der Waals surface area contributed by atoms with Gasteiger partial charge in [-0.2, -0.15) is 0 Å². The molecule has 1 nitrogen and oxygen atoms in total. The molecule has 0 bridgehead atoms. The van der Waals surface area contributed by atoms with E-state index >= 15 is 0 Å². The molecule has 0 spiro atoms. The highest BCUT2D eigenvalue weighted by Crippen LogP contribution is 2.26. The van der Waals surface area contributed by atoms with Crippen molar-refractivity contribution in [1.29, 1.82) is 0 Å². The van der Waals surface area contributed by atoms with Gasteiger partial charge < -0.3 is 5.32 Å². The normalized spacial score (nSPS) is 17.5. The van der Waals surface area contributed by atoms with E-state index in [1.807, 2.05) is 6.20 Å². The lowest BCUT2D eigenvalue weighted by molar-refractivity contribution is 0.749. The fourth-order valence-corrected chi connectivity index (χ4v) is 2.49. The Hall–Kier alpha value is -2.28. The first-order valence-corrected chi connectivity index (χ1v) is 7.01. The molecule has 1 aliphatic rings. The van der Waals surface area contributed by atoms with Crippen LogP contribution in [0.2, 0.25) is 0 Å². The van der Waals surface area contributed by atoms with E-state index < -0.39 is 0 Å². The first kappa shape index (κ1) is 12.7. The highest BCUT2D eigenvalue weighted by molar-refractivity contribution is 5.76. The van der Waals surface area contributed by atoms with Gasteiger partial charge in [-0.25, -0.2) is 0 Å². The Morgan fingerprint density at radius 3 is 2.45 bits per heavy atom. The van der Waals surface area contributed by atoms with Crippen LogP contribution in [0, 0.1) is 13.8 Å². The quantitative estimate of drug-likeness (QED) is 0.836. The van der Waals surface area contributed by atoms with Gasteiger partial charge in [0, 0.05) is 0 Å². The number of hydrogen-bond donors (Lipinski definition) is 1. The van der Waals surface area contributed by atoms with Crippen LogP contribution in [-0.2, 0) is 0 Å². The van der Waals surface area contributed by atoms with Crippen molar-refractivity contribution in [1.82, 2.24) is 5.32 Å². The van der Waals surface area contributed by atoms with Crippen molar-refractivity contribution in [2.75, 3.05) is 0 Å². The molecule has 0 radical (unpaired) electrons. The van der Waals surface area contributed by atoms with Gasteiger partial charge in [-0.1, -0.05) is 48.5 Å². The predicted octanol–water partition coefficient (Wildman–Crippen LogP) is 4.55. The smallest absolute Gasteiger partial charge is 0.0701 e. The third-order valence-electron chi connectivity index (χ3n) is 3.88. The molecule has 2 aromatic carbocycles. The minimum absolute atomic E-state index is 0.248. The molecular formula is C19H19N. The number of allylic oxidation sites excluding steroid dienone is 2. The largest absolute Gasteiger partial charge is 0.381 e. The topological polar surface area (TPSA) is 12.0 Å². The lowest BCUT2D eigenvalue weighted by atomic mass is 9.95. The summed E-state index contributed by atoms with van der Waals surface area (Å²) >= 11 is 0. The van der Waals surface area contributed by atoms with Gasteiger partial charge in [-0.3, -0.25) is 0 Å². The molecule has 0 saturated carbocycles. The Labute approximate surface area is 120 Å². The van der Waals surface area contributed by atoms with Gasteiger partial charge in [0.05, 0.1) is 6.04 Å². The molecule has 20 heavy (non-hydrogen) atoms. The molecular weight excluding hydrogens is 242 g/mol. The molecule has 0 aliphatic carbocycles. The van der Waals surface area contributed by atoms with Crippen LogP contribution >= 0.6 is 0 Å². The number of dihydropyridines is 1. The van der Waals surface area contributed by atoms with E-state index in [0.29, 0.717) is 0 Å². The van der Waals surface area contributed by atoms with E-state index in [0.717, 1.165) is 0 Å². The molecule has 2 aromatic rings. The zero-order valence-electron chi connectivity index (χ0n) is 11.9. The predicted molar refractivity (Wildman–Crippen MR) is 85.4 cm³/mol. The van der Waals surface area contributed by atoms with E-state index in [9.17, 15) is 0 Å².